The summed E-state index contributed by atoms with van der Waals surface area (Å²) in [5.74, 6) is -1.65. The summed E-state index contributed by atoms with van der Waals surface area (Å²) in [5.41, 5.74) is -0.0577. The molecule has 2 heterocycles. The molecule has 0 bridgehead atoms. The molecule has 11 nitrogen and oxygen atoms in total. The zero-order valence-corrected chi connectivity index (χ0v) is 19.7. The van der Waals surface area contributed by atoms with E-state index in [9.17, 15) is 26.4 Å². The van der Waals surface area contributed by atoms with Gasteiger partial charge < -0.3 is 14.4 Å². The molecule has 32 heavy (non-hydrogen) atoms. The zero-order valence-electron chi connectivity index (χ0n) is 18.1. The molecule has 3 rings (SSSR count). The molecule has 2 aliphatic heterocycles. The molecule has 1 unspecified atom stereocenters. The average molecular weight is 490 g/mol. The number of hydrogen-bond acceptors (Lipinski definition) is 8. The number of carbonyl (C=O) groups is 2. The number of nitrogens with one attached hydrogen (secondary N) is 1. The average Bonchev–Trinajstić information content (AvgIpc) is 2.94. The molecule has 2 amide bonds. The second kappa shape index (κ2) is 9.24. The third kappa shape index (κ3) is 4.84. The number of sulfonamides is 2. The Morgan fingerprint density at radius 2 is 1.91 bits per heavy atom. The Balaban J connectivity index is 1.83. The highest BCUT2D eigenvalue weighted by Gasteiger charge is 2.42. The van der Waals surface area contributed by atoms with Crippen LogP contribution in [0, 0.1) is 5.92 Å². The van der Waals surface area contributed by atoms with Gasteiger partial charge in [0.05, 0.1) is 31.1 Å². The van der Waals surface area contributed by atoms with Gasteiger partial charge in [0, 0.05) is 19.1 Å². The minimum atomic E-state index is -4.11. The van der Waals surface area contributed by atoms with Crippen LogP contribution in [0.1, 0.15) is 26.7 Å². The number of anilines is 1. The van der Waals surface area contributed by atoms with Crippen molar-refractivity contribution in [1.29, 1.82) is 0 Å². The smallest absolute Gasteiger partial charge is 0.409 e. The predicted octanol–water partition coefficient (Wildman–Crippen LogP) is 0.907. The fraction of sp³-hybridized carbons (Fsp3) is 0.579. The van der Waals surface area contributed by atoms with E-state index < -0.39 is 44.0 Å². The molecule has 1 aromatic carbocycles. The van der Waals surface area contributed by atoms with Gasteiger partial charge in [-0.05, 0) is 38.0 Å². The third-order valence-corrected chi connectivity index (χ3v) is 8.78. The summed E-state index contributed by atoms with van der Waals surface area (Å²) in [6.45, 7) is 4.14. The minimum Gasteiger partial charge on any atom is -0.495 e. The maximum absolute atomic E-state index is 13.1. The van der Waals surface area contributed by atoms with Crippen molar-refractivity contribution in [2.75, 3.05) is 36.9 Å². The Morgan fingerprint density at radius 1 is 1.25 bits per heavy atom. The normalized spacial score (nSPS) is 21.6. The number of carbonyl (C=O) groups excluding carboxylic acids is 2. The van der Waals surface area contributed by atoms with Crippen LogP contribution >= 0.6 is 0 Å². The van der Waals surface area contributed by atoms with E-state index in [2.05, 4.69) is 4.72 Å². The Bertz CT molecular complexity index is 1100. The van der Waals surface area contributed by atoms with Crippen molar-refractivity contribution in [1.82, 2.24) is 9.62 Å². The van der Waals surface area contributed by atoms with Crippen LogP contribution in [-0.4, -0.2) is 72.3 Å². The first-order valence-electron chi connectivity index (χ1n) is 10.2. The number of hydrogen-bond donors (Lipinski definition) is 1. The summed E-state index contributed by atoms with van der Waals surface area (Å²) in [6.07, 6.45) is 0.335. The second-order valence-corrected chi connectivity index (χ2v) is 11.2. The summed E-state index contributed by atoms with van der Waals surface area (Å²) in [4.78, 5) is 25.5. The van der Waals surface area contributed by atoms with Crippen molar-refractivity contribution in [3.05, 3.63) is 18.2 Å². The van der Waals surface area contributed by atoms with E-state index in [0.29, 0.717) is 30.2 Å². The molecule has 1 N–H and O–H groups in total. The molecular formula is C19H27N3O8S2. The first-order chi connectivity index (χ1) is 15.0. The van der Waals surface area contributed by atoms with Gasteiger partial charge in [0.1, 0.15) is 10.6 Å². The van der Waals surface area contributed by atoms with Gasteiger partial charge in [-0.15, -0.1) is 0 Å². The Kier molecular flexibility index (Phi) is 7.00. The molecule has 0 aromatic heterocycles. The van der Waals surface area contributed by atoms with Crippen molar-refractivity contribution in [3.63, 3.8) is 0 Å². The first-order valence-corrected chi connectivity index (χ1v) is 13.3. The lowest BCUT2D eigenvalue weighted by atomic mass is 10.1. The summed E-state index contributed by atoms with van der Waals surface area (Å²) in [5, 5.41) is 0. The highest BCUT2D eigenvalue weighted by Crippen LogP contribution is 2.34. The molecule has 0 aliphatic carbocycles. The highest BCUT2D eigenvalue weighted by molar-refractivity contribution is 7.94. The Morgan fingerprint density at radius 3 is 2.44 bits per heavy atom. The van der Waals surface area contributed by atoms with Crippen molar-refractivity contribution in [2.45, 2.75) is 37.6 Å². The number of amides is 2. The van der Waals surface area contributed by atoms with Gasteiger partial charge in [-0.25, -0.2) is 30.7 Å². The van der Waals surface area contributed by atoms with Gasteiger partial charge in [0.15, 0.2) is 0 Å². The van der Waals surface area contributed by atoms with Gasteiger partial charge in [-0.3, -0.25) is 4.79 Å². The molecule has 178 valence electrons. The van der Waals surface area contributed by atoms with Crippen molar-refractivity contribution < 1.29 is 35.9 Å². The van der Waals surface area contributed by atoms with Gasteiger partial charge in [0.2, 0.25) is 26.0 Å². The number of benzene rings is 1. The molecule has 2 aliphatic rings. The molecule has 1 aromatic rings. The van der Waals surface area contributed by atoms with Gasteiger partial charge in [-0.2, -0.15) is 0 Å². The minimum absolute atomic E-state index is 0.0160. The van der Waals surface area contributed by atoms with Crippen molar-refractivity contribution in [2.24, 2.45) is 5.92 Å². The van der Waals surface area contributed by atoms with Gasteiger partial charge in [-0.1, -0.05) is 6.92 Å². The largest absolute Gasteiger partial charge is 0.495 e. The number of likely N-dealkylation sites (tertiary alicyclic amines) is 1. The molecule has 1 atom stereocenters. The van der Waals surface area contributed by atoms with Crippen molar-refractivity contribution >= 4 is 37.7 Å². The van der Waals surface area contributed by atoms with Crippen LogP contribution in [0.4, 0.5) is 10.5 Å². The second-order valence-electron chi connectivity index (χ2n) is 7.70. The van der Waals surface area contributed by atoms with Crippen LogP contribution in [0.15, 0.2) is 23.1 Å². The molecular weight excluding hydrogens is 462 g/mol. The van der Waals surface area contributed by atoms with Crippen molar-refractivity contribution in [3.8, 4) is 5.75 Å². The number of nitrogens with zero attached hydrogens (tertiary/aromatic N) is 2. The van der Waals surface area contributed by atoms with E-state index >= 15 is 0 Å². The van der Waals surface area contributed by atoms with Crippen LogP contribution in [-0.2, 0) is 29.6 Å². The third-order valence-electron chi connectivity index (χ3n) is 5.37. The fourth-order valence-corrected chi connectivity index (χ4v) is 7.07. The van der Waals surface area contributed by atoms with Crippen LogP contribution in [0.25, 0.3) is 0 Å². The molecule has 2 saturated heterocycles. The maximum atomic E-state index is 13.1. The lowest BCUT2D eigenvalue weighted by Gasteiger charge is -2.31. The molecule has 0 saturated carbocycles. The van der Waals surface area contributed by atoms with E-state index in [1.807, 2.05) is 0 Å². The van der Waals surface area contributed by atoms with Gasteiger partial charge in [0.25, 0.3) is 0 Å². The number of piperidine rings is 1. The highest BCUT2D eigenvalue weighted by atomic mass is 32.2. The van der Waals surface area contributed by atoms with E-state index in [0.717, 1.165) is 6.07 Å². The van der Waals surface area contributed by atoms with Crippen LogP contribution < -0.4 is 13.8 Å². The maximum Gasteiger partial charge on any atom is 0.409 e. The molecule has 2 fully saturated rings. The van der Waals surface area contributed by atoms with E-state index in [1.165, 1.54) is 31.1 Å². The van der Waals surface area contributed by atoms with E-state index in [-0.39, 0.29) is 28.7 Å². The molecule has 0 spiro atoms. The van der Waals surface area contributed by atoms with E-state index in [1.54, 1.807) is 6.92 Å². The SMILES string of the molecule is CCOC(=O)N1CCC(NS(=O)(=O)c2cc(N3C(=O)C(C)CS3(=O)=O)ccc2OC)CC1. The van der Waals surface area contributed by atoms with Crippen LogP contribution in [0.2, 0.25) is 0 Å². The topological polar surface area (TPSA) is 139 Å². The van der Waals surface area contributed by atoms with Crippen LogP contribution in [0.3, 0.4) is 0 Å². The zero-order chi connectivity index (χ0) is 23.7. The summed E-state index contributed by atoms with van der Waals surface area (Å²) < 4.78 is 64.5. The van der Waals surface area contributed by atoms with Crippen LogP contribution in [0.5, 0.6) is 5.75 Å². The number of methoxy groups -OCH3 is 1. The summed E-state index contributed by atoms with van der Waals surface area (Å²) in [7, 11) is -6.70. The Labute approximate surface area is 187 Å². The summed E-state index contributed by atoms with van der Waals surface area (Å²) >= 11 is 0. The quantitative estimate of drug-likeness (QED) is 0.622. The monoisotopic (exact) mass is 489 g/mol. The summed E-state index contributed by atoms with van der Waals surface area (Å²) in [6, 6.07) is 3.35. The lowest BCUT2D eigenvalue weighted by Crippen LogP contribution is -2.46. The Hall–Kier alpha value is -2.38. The predicted molar refractivity (Wildman–Crippen MR) is 115 cm³/mol. The fourth-order valence-electron chi connectivity index (χ4n) is 3.77. The molecule has 13 heteroatoms. The standard InChI is InChI=1S/C19H27N3O8S2/c1-4-30-19(24)21-9-7-14(8-10-21)20-32(27,28)17-11-15(5-6-16(17)29-3)22-18(23)13(2)12-31(22,25)26/h5-6,11,13-14,20H,4,7-10,12H2,1-3H3. The number of ether oxygens (including phenoxy) is 2. The number of rotatable bonds is 6. The lowest BCUT2D eigenvalue weighted by molar-refractivity contribution is -0.119. The van der Waals surface area contributed by atoms with E-state index in [4.69, 9.17) is 9.47 Å². The van der Waals surface area contributed by atoms with Gasteiger partial charge >= 0.3 is 6.09 Å². The molecule has 0 radical (unpaired) electrons. The first kappa shape index (κ1) is 24.3.